The van der Waals surface area contributed by atoms with Crippen LogP contribution in [0.5, 0.6) is 0 Å². The summed E-state index contributed by atoms with van der Waals surface area (Å²) >= 11 is 0. The molecular weight excluding hydrogens is 238 g/mol. The van der Waals surface area contributed by atoms with Crippen LogP contribution >= 0.6 is 0 Å². The van der Waals surface area contributed by atoms with Gasteiger partial charge in [0.25, 0.3) is 0 Å². The Morgan fingerprint density at radius 1 is 1.32 bits per heavy atom. The van der Waals surface area contributed by atoms with Crippen LogP contribution in [0.25, 0.3) is 0 Å². The molecule has 0 spiro atoms. The maximum absolute atomic E-state index is 10.3. The molecule has 1 aromatic heterocycles. The molecule has 0 aliphatic heterocycles. The van der Waals surface area contributed by atoms with Gasteiger partial charge >= 0.3 is 0 Å². The summed E-state index contributed by atoms with van der Waals surface area (Å²) in [6, 6.07) is 7.44. The highest BCUT2D eigenvalue weighted by Crippen LogP contribution is 2.23. The minimum atomic E-state index is -0.538. The topological polar surface area (TPSA) is 64.1 Å². The van der Waals surface area contributed by atoms with Crippen LogP contribution in [-0.4, -0.2) is 14.7 Å². The number of nitrogens with two attached hydrogens (primary N) is 1. The van der Waals surface area contributed by atoms with Crippen LogP contribution in [-0.2, 0) is 19.4 Å². The quantitative estimate of drug-likeness (QED) is 0.827. The molecule has 0 bridgehead atoms. The molecule has 1 unspecified atom stereocenters. The number of imidazole rings is 1. The van der Waals surface area contributed by atoms with Crippen molar-refractivity contribution in [2.75, 3.05) is 5.73 Å². The summed E-state index contributed by atoms with van der Waals surface area (Å²) in [5.74, 6) is 0. The number of aliphatic hydroxyl groups excluding tert-OH is 1. The van der Waals surface area contributed by atoms with Gasteiger partial charge in [0, 0.05) is 11.4 Å². The van der Waals surface area contributed by atoms with E-state index in [9.17, 15) is 5.11 Å². The highest BCUT2D eigenvalue weighted by atomic mass is 16.3. The third-order valence-corrected chi connectivity index (χ3v) is 3.78. The largest absolute Gasteiger partial charge is 0.399 e. The van der Waals surface area contributed by atoms with Crippen molar-refractivity contribution >= 4 is 5.69 Å². The van der Waals surface area contributed by atoms with Crippen LogP contribution in [0.1, 0.15) is 35.9 Å². The Bertz CT molecular complexity index is 577. The summed E-state index contributed by atoms with van der Waals surface area (Å²) in [6.07, 6.45) is 5.89. The molecule has 4 nitrogen and oxygen atoms in total. The fourth-order valence-electron chi connectivity index (χ4n) is 2.75. The number of nitrogen functional groups attached to an aromatic ring is 1. The lowest BCUT2D eigenvalue weighted by atomic mass is 10.0. The Labute approximate surface area is 112 Å². The van der Waals surface area contributed by atoms with E-state index in [1.54, 1.807) is 0 Å². The van der Waals surface area contributed by atoms with E-state index in [1.165, 1.54) is 24.2 Å². The molecule has 1 aliphatic carbocycles. The molecule has 3 rings (SSSR count). The number of fused-ring (bicyclic) bond motifs is 1. The van der Waals surface area contributed by atoms with Crippen LogP contribution in [0.4, 0.5) is 5.69 Å². The fraction of sp³-hybridized carbons (Fsp3) is 0.400. The van der Waals surface area contributed by atoms with Crippen LogP contribution < -0.4 is 5.73 Å². The Morgan fingerprint density at radius 3 is 3.00 bits per heavy atom. The van der Waals surface area contributed by atoms with Gasteiger partial charge in [-0.2, -0.15) is 0 Å². The second-order valence-corrected chi connectivity index (χ2v) is 5.18. The van der Waals surface area contributed by atoms with Crippen LogP contribution in [0.15, 0.2) is 30.6 Å². The second kappa shape index (κ2) is 5.05. The van der Waals surface area contributed by atoms with E-state index in [2.05, 4.69) is 9.55 Å². The summed E-state index contributed by atoms with van der Waals surface area (Å²) in [6.45, 7) is 0.547. The number of aromatic nitrogens is 2. The summed E-state index contributed by atoms with van der Waals surface area (Å²) in [5.41, 5.74) is 9.78. The monoisotopic (exact) mass is 257 g/mol. The SMILES string of the molecule is Nc1cccc(C(O)Cn2cnc3c2CCCC3)c1. The van der Waals surface area contributed by atoms with Gasteiger partial charge < -0.3 is 15.4 Å². The normalized spacial score (nSPS) is 16.1. The Hall–Kier alpha value is -1.81. The lowest BCUT2D eigenvalue weighted by molar-refractivity contribution is 0.155. The molecule has 0 saturated carbocycles. The molecule has 4 heteroatoms. The first kappa shape index (κ1) is 12.2. The minimum absolute atomic E-state index is 0.538. The van der Waals surface area contributed by atoms with Crippen molar-refractivity contribution in [1.29, 1.82) is 0 Å². The molecule has 3 N–H and O–H groups in total. The van der Waals surface area contributed by atoms with E-state index in [1.807, 2.05) is 30.6 Å². The lowest BCUT2D eigenvalue weighted by Gasteiger charge is -2.17. The zero-order chi connectivity index (χ0) is 13.2. The molecule has 0 fully saturated rings. The van der Waals surface area contributed by atoms with Gasteiger partial charge in [0.05, 0.1) is 24.7 Å². The molecular formula is C15H19N3O. The first-order valence-corrected chi connectivity index (χ1v) is 6.80. The Morgan fingerprint density at radius 2 is 2.16 bits per heavy atom. The number of hydrogen-bond donors (Lipinski definition) is 2. The molecule has 2 aromatic rings. The third-order valence-electron chi connectivity index (χ3n) is 3.78. The van der Waals surface area contributed by atoms with Gasteiger partial charge in [-0.1, -0.05) is 12.1 Å². The van der Waals surface area contributed by atoms with Gasteiger partial charge in [-0.3, -0.25) is 0 Å². The van der Waals surface area contributed by atoms with Crippen molar-refractivity contribution in [2.24, 2.45) is 0 Å². The van der Waals surface area contributed by atoms with Crippen LogP contribution in [0.2, 0.25) is 0 Å². The average Bonchev–Trinajstić information content (AvgIpc) is 2.82. The molecule has 1 heterocycles. The smallest absolute Gasteiger partial charge is 0.0970 e. The molecule has 19 heavy (non-hydrogen) atoms. The summed E-state index contributed by atoms with van der Waals surface area (Å²) < 4.78 is 2.09. The highest BCUT2D eigenvalue weighted by Gasteiger charge is 2.17. The predicted octanol–water partition coefficient (Wildman–Crippen LogP) is 2.08. The number of benzene rings is 1. The summed E-state index contributed by atoms with van der Waals surface area (Å²) in [7, 11) is 0. The first-order valence-electron chi connectivity index (χ1n) is 6.80. The molecule has 0 radical (unpaired) electrons. The highest BCUT2D eigenvalue weighted by molar-refractivity contribution is 5.41. The predicted molar refractivity (Wildman–Crippen MR) is 74.7 cm³/mol. The van der Waals surface area contributed by atoms with E-state index in [-0.39, 0.29) is 0 Å². The molecule has 100 valence electrons. The zero-order valence-electron chi connectivity index (χ0n) is 10.9. The van der Waals surface area contributed by atoms with Gasteiger partial charge in [0.1, 0.15) is 0 Å². The number of rotatable bonds is 3. The zero-order valence-corrected chi connectivity index (χ0v) is 10.9. The summed E-state index contributed by atoms with van der Waals surface area (Å²) in [4.78, 5) is 4.45. The van der Waals surface area contributed by atoms with Gasteiger partial charge in [0.2, 0.25) is 0 Å². The number of anilines is 1. The minimum Gasteiger partial charge on any atom is -0.399 e. The molecule has 1 aromatic carbocycles. The molecule has 1 atom stereocenters. The maximum Gasteiger partial charge on any atom is 0.0970 e. The van der Waals surface area contributed by atoms with Crippen molar-refractivity contribution in [2.45, 2.75) is 38.3 Å². The van der Waals surface area contributed by atoms with E-state index < -0.39 is 6.10 Å². The van der Waals surface area contributed by atoms with Crippen LogP contribution in [0, 0.1) is 0 Å². The summed E-state index contributed by atoms with van der Waals surface area (Å²) in [5, 5.41) is 10.3. The van der Waals surface area contributed by atoms with Crippen molar-refractivity contribution < 1.29 is 5.11 Å². The number of nitrogens with zero attached hydrogens (tertiary/aromatic N) is 2. The average molecular weight is 257 g/mol. The van der Waals surface area contributed by atoms with Gasteiger partial charge in [0.15, 0.2) is 0 Å². The van der Waals surface area contributed by atoms with E-state index in [0.717, 1.165) is 18.4 Å². The van der Waals surface area contributed by atoms with Crippen molar-refractivity contribution in [1.82, 2.24) is 9.55 Å². The molecule has 1 aliphatic rings. The first-order chi connectivity index (χ1) is 9.24. The van der Waals surface area contributed by atoms with Crippen molar-refractivity contribution in [3.05, 3.63) is 47.5 Å². The van der Waals surface area contributed by atoms with Crippen molar-refractivity contribution in [3.8, 4) is 0 Å². The van der Waals surface area contributed by atoms with Gasteiger partial charge in [-0.15, -0.1) is 0 Å². The lowest BCUT2D eigenvalue weighted by Crippen LogP contribution is -2.13. The van der Waals surface area contributed by atoms with E-state index in [0.29, 0.717) is 12.2 Å². The second-order valence-electron chi connectivity index (χ2n) is 5.18. The maximum atomic E-state index is 10.3. The number of aryl methyl sites for hydroxylation is 1. The Balaban J connectivity index is 1.79. The molecule has 0 amide bonds. The van der Waals surface area contributed by atoms with E-state index >= 15 is 0 Å². The van der Waals surface area contributed by atoms with Gasteiger partial charge in [-0.05, 0) is 43.4 Å². The van der Waals surface area contributed by atoms with E-state index in [4.69, 9.17) is 5.73 Å². The van der Waals surface area contributed by atoms with Crippen molar-refractivity contribution in [3.63, 3.8) is 0 Å². The number of aliphatic hydroxyl groups is 1. The standard InChI is InChI=1S/C15H19N3O/c16-12-5-3-4-11(8-12)15(19)9-18-10-17-13-6-1-2-7-14(13)18/h3-5,8,10,15,19H,1-2,6-7,9,16H2. The van der Waals surface area contributed by atoms with Crippen LogP contribution in [0.3, 0.4) is 0 Å². The Kier molecular flexibility index (Phi) is 3.25. The van der Waals surface area contributed by atoms with Gasteiger partial charge in [-0.25, -0.2) is 4.98 Å². The number of hydrogen-bond acceptors (Lipinski definition) is 3. The third kappa shape index (κ3) is 2.49. The fourth-order valence-corrected chi connectivity index (χ4v) is 2.75. The molecule has 0 saturated heterocycles.